The first-order chi connectivity index (χ1) is 9.74. The van der Waals surface area contributed by atoms with E-state index < -0.39 is 17.8 Å². The maximum atomic E-state index is 12.4. The third-order valence-electron chi connectivity index (χ3n) is 2.34. The van der Waals surface area contributed by atoms with E-state index in [0.717, 1.165) is 24.3 Å². The second kappa shape index (κ2) is 6.73. The highest BCUT2D eigenvalue weighted by Crippen LogP contribution is 2.29. The van der Waals surface area contributed by atoms with E-state index in [-0.39, 0.29) is 23.8 Å². The molecule has 0 saturated heterocycles. The number of carbonyl (C=O) groups is 1. The Labute approximate surface area is 118 Å². The lowest BCUT2D eigenvalue weighted by Crippen LogP contribution is -2.34. The molecule has 9 heteroatoms. The fourth-order valence-corrected chi connectivity index (χ4v) is 1.30. The molecule has 0 bridgehead atoms. The number of nitrogens with two attached hydrogens (primary N) is 1. The van der Waals surface area contributed by atoms with Crippen molar-refractivity contribution in [3.05, 3.63) is 35.4 Å². The zero-order valence-electron chi connectivity index (χ0n) is 11.0. The van der Waals surface area contributed by atoms with Gasteiger partial charge in [-0.05, 0) is 12.1 Å². The largest absolute Gasteiger partial charge is 0.453 e. The summed E-state index contributed by atoms with van der Waals surface area (Å²) in [6.45, 7) is -0.143. The minimum absolute atomic E-state index is 0.0784. The van der Waals surface area contributed by atoms with Crippen LogP contribution in [0, 0.1) is 5.41 Å². The molecule has 0 saturated carbocycles. The fraction of sp³-hybridized carbons (Fsp3) is 0.250. The summed E-state index contributed by atoms with van der Waals surface area (Å²) >= 11 is 0. The molecule has 1 aromatic rings. The first kappa shape index (κ1) is 16.5. The summed E-state index contributed by atoms with van der Waals surface area (Å²) in [6.07, 6.45) is -5.15. The Balaban J connectivity index is 2.73. The molecular formula is C12H13F3N4O2. The maximum Gasteiger partial charge on any atom is 0.416 e. The van der Waals surface area contributed by atoms with Crippen molar-refractivity contribution in [2.75, 3.05) is 13.7 Å². The van der Waals surface area contributed by atoms with Crippen LogP contribution in [0.3, 0.4) is 0 Å². The zero-order chi connectivity index (χ0) is 16.0. The van der Waals surface area contributed by atoms with Crippen molar-refractivity contribution in [1.29, 1.82) is 5.41 Å². The topological polar surface area (TPSA) is 101 Å². The van der Waals surface area contributed by atoms with Gasteiger partial charge in [0.05, 0.1) is 19.2 Å². The summed E-state index contributed by atoms with van der Waals surface area (Å²) in [5.74, 6) is -0.391. The number of methoxy groups -OCH3 is 1. The standard InChI is InChI=1S/C12H13F3N4O2/c1-21-11(20)18-6-9(16)19-10(17)7-2-4-8(5-3-7)12(13,14)15/h2-5H,6H2,1H3,(H,18,20)(H3,16,17,19). The smallest absolute Gasteiger partial charge is 0.416 e. The molecule has 0 heterocycles. The van der Waals surface area contributed by atoms with Crippen molar-refractivity contribution in [2.24, 2.45) is 10.7 Å². The van der Waals surface area contributed by atoms with E-state index in [1.807, 2.05) is 0 Å². The Bertz CT molecular complexity index is 553. The van der Waals surface area contributed by atoms with Crippen LogP contribution in [-0.2, 0) is 10.9 Å². The third-order valence-corrected chi connectivity index (χ3v) is 2.34. The van der Waals surface area contributed by atoms with E-state index >= 15 is 0 Å². The van der Waals surface area contributed by atoms with Crippen LogP contribution in [0.1, 0.15) is 11.1 Å². The number of carbonyl (C=O) groups excluding carboxylic acids is 1. The van der Waals surface area contributed by atoms with Crippen LogP contribution in [0.5, 0.6) is 0 Å². The summed E-state index contributed by atoms with van der Waals surface area (Å²) in [5.41, 5.74) is 4.83. The van der Waals surface area contributed by atoms with Gasteiger partial charge in [-0.2, -0.15) is 13.2 Å². The minimum Gasteiger partial charge on any atom is -0.453 e. The Morgan fingerprint density at radius 2 is 1.95 bits per heavy atom. The molecule has 21 heavy (non-hydrogen) atoms. The van der Waals surface area contributed by atoms with E-state index in [4.69, 9.17) is 11.1 Å². The molecular weight excluding hydrogens is 289 g/mol. The van der Waals surface area contributed by atoms with E-state index in [1.54, 1.807) is 0 Å². The van der Waals surface area contributed by atoms with Crippen molar-refractivity contribution >= 4 is 17.8 Å². The van der Waals surface area contributed by atoms with Gasteiger partial charge in [0.2, 0.25) is 0 Å². The molecule has 1 aromatic carbocycles. The summed E-state index contributed by atoms with van der Waals surface area (Å²) in [4.78, 5) is 14.5. The van der Waals surface area contributed by atoms with Gasteiger partial charge >= 0.3 is 12.3 Å². The van der Waals surface area contributed by atoms with Crippen molar-refractivity contribution in [1.82, 2.24) is 5.32 Å². The number of nitrogens with zero attached hydrogens (tertiary/aromatic N) is 1. The average Bonchev–Trinajstić information content (AvgIpc) is 2.43. The number of halogens is 3. The van der Waals surface area contributed by atoms with Gasteiger partial charge < -0.3 is 15.8 Å². The number of benzene rings is 1. The van der Waals surface area contributed by atoms with Crippen LogP contribution >= 0.6 is 0 Å². The highest BCUT2D eigenvalue weighted by atomic mass is 19.4. The summed E-state index contributed by atoms with van der Waals surface area (Å²) in [6, 6.07) is 3.94. The number of amides is 1. The van der Waals surface area contributed by atoms with Crippen LogP contribution in [0.4, 0.5) is 18.0 Å². The number of hydrogen-bond donors (Lipinski definition) is 3. The molecule has 0 fully saturated rings. The Morgan fingerprint density at radius 1 is 1.38 bits per heavy atom. The molecule has 1 rings (SSSR count). The molecule has 0 aromatic heterocycles. The molecule has 0 aliphatic heterocycles. The van der Waals surface area contributed by atoms with Crippen LogP contribution in [0.15, 0.2) is 29.3 Å². The Hall–Kier alpha value is -2.58. The second-order valence-electron chi connectivity index (χ2n) is 3.87. The van der Waals surface area contributed by atoms with Gasteiger partial charge in [0.15, 0.2) is 5.84 Å². The second-order valence-corrected chi connectivity index (χ2v) is 3.87. The molecule has 6 nitrogen and oxygen atoms in total. The maximum absolute atomic E-state index is 12.4. The number of hydrogen-bond acceptors (Lipinski definition) is 3. The van der Waals surface area contributed by atoms with Gasteiger partial charge in [-0.1, -0.05) is 12.1 Å². The predicted octanol–water partition coefficient (Wildman–Crippen LogP) is 1.74. The van der Waals surface area contributed by atoms with E-state index in [9.17, 15) is 18.0 Å². The van der Waals surface area contributed by atoms with Crippen molar-refractivity contribution in [3.63, 3.8) is 0 Å². The lowest BCUT2D eigenvalue weighted by atomic mass is 10.1. The quantitative estimate of drug-likeness (QED) is 0.585. The Morgan fingerprint density at radius 3 is 2.43 bits per heavy atom. The summed E-state index contributed by atoms with van der Waals surface area (Å²) in [5, 5.41) is 9.88. The van der Waals surface area contributed by atoms with Gasteiger partial charge in [0.25, 0.3) is 0 Å². The van der Waals surface area contributed by atoms with Crippen molar-refractivity contribution < 1.29 is 22.7 Å². The van der Waals surface area contributed by atoms with E-state index in [2.05, 4.69) is 15.0 Å². The normalized spacial score (nSPS) is 11.9. The molecule has 0 spiro atoms. The predicted molar refractivity (Wildman–Crippen MR) is 70.3 cm³/mol. The summed E-state index contributed by atoms with van der Waals surface area (Å²) in [7, 11) is 1.17. The molecule has 4 N–H and O–H groups in total. The highest BCUT2D eigenvalue weighted by Gasteiger charge is 2.30. The SMILES string of the molecule is COC(=O)NCC(N)=NC(=N)c1ccc(C(F)(F)F)cc1. The molecule has 114 valence electrons. The molecule has 1 amide bonds. The average molecular weight is 302 g/mol. The van der Waals surface area contributed by atoms with E-state index in [1.165, 1.54) is 7.11 Å². The van der Waals surface area contributed by atoms with Gasteiger partial charge in [0.1, 0.15) is 5.84 Å². The van der Waals surface area contributed by atoms with Gasteiger partial charge in [0, 0.05) is 5.56 Å². The van der Waals surface area contributed by atoms with Crippen molar-refractivity contribution in [3.8, 4) is 0 Å². The lowest BCUT2D eigenvalue weighted by Gasteiger charge is -2.07. The number of alkyl halides is 3. The fourth-order valence-electron chi connectivity index (χ4n) is 1.30. The summed E-state index contributed by atoms with van der Waals surface area (Å²) < 4.78 is 41.5. The molecule has 0 radical (unpaired) electrons. The lowest BCUT2D eigenvalue weighted by molar-refractivity contribution is -0.137. The Kier molecular flexibility index (Phi) is 5.28. The molecule has 0 unspecified atom stereocenters. The number of aliphatic imine (C=N–C) groups is 1. The number of ether oxygens (including phenoxy) is 1. The number of rotatable bonds is 3. The van der Waals surface area contributed by atoms with Crippen LogP contribution in [-0.4, -0.2) is 31.4 Å². The third kappa shape index (κ3) is 5.13. The number of amidine groups is 2. The van der Waals surface area contributed by atoms with Crippen LogP contribution in [0.2, 0.25) is 0 Å². The number of alkyl carbamates (subject to hydrolysis) is 1. The van der Waals surface area contributed by atoms with Crippen molar-refractivity contribution in [2.45, 2.75) is 6.18 Å². The minimum atomic E-state index is -4.44. The first-order valence-corrected chi connectivity index (χ1v) is 5.65. The monoisotopic (exact) mass is 302 g/mol. The molecule has 0 aliphatic carbocycles. The van der Waals surface area contributed by atoms with Gasteiger partial charge in [-0.3, -0.25) is 5.41 Å². The van der Waals surface area contributed by atoms with Gasteiger partial charge in [-0.25, -0.2) is 9.79 Å². The van der Waals surface area contributed by atoms with Gasteiger partial charge in [-0.15, -0.1) is 0 Å². The highest BCUT2D eigenvalue weighted by molar-refractivity contribution is 6.05. The van der Waals surface area contributed by atoms with Crippen LogP contribution < -0.4 is 11.1 Å². The molecule has 0 aliphatic rings. The molecule has 0 atom stereocenters. The zero-order valence-corrected chi connectivity index (χ0v) is 11.0. The van der Waals surface area contributed by atoms with Crippen LogP contribution in [0.25, 0.3) is 0 Å². The first-order valence-electron chi connectivity index (χ1n) is 5.65. The number of nitrogens with one attached hydrogen (secondary N) is 2. The van der Waals surface area contributed by atoms with E-state index in [0.29, 0.717) is 0 Å².